The van der Waals surface area contributed by atoms with Gasteiger partial charge in [0.25, 0.3) is 0 Å². The van der Waals surface area contributed by atoms with Crippen LogP contribution >= 0.6 is 27.5 Å². The lowest BCUT2D eigenvalue weighted by molar-refractivity contribution is 0.241. The Bertz CT molecular complexity index is 543. The van der Waals surface area contributed by atoms with Crippen molar-refractivity contribution in [3.05, 3.63) is 28.6 Å². The van der Waals surface area contributed by atoms with E-state index in [1.807, 2.05) is 32.0 Å². The van der Waals surface area contributed by atoms with Crippen molar-refractivity contribution >= 4 is 27.5 Å². The highest BCUT2D eigenvalue weighted by molar-refractivity contribution is 9.10. The van der Waals surface area contributed by atoms with Crippen LogP contribution in [0.15, 0.2) is 27.1 Å². The quantitative estimate of drug-likeness (QED) is 0.794. The highest BCUT2D eigenvalue weighted by atomic mass is 79.9. The van der Waals surface area contributed by atoms with E-state index in [-0.39, 0.29) is 12.0 Å². The van der Waals surface area contributed by atoms with Gasteiger partial charge in [0, 0.05) is 5.56 Å². The van der Waals surface area contributed by atoms with Crippen molar-refractivity contribution in [2.75, 3.05) is 0 Å². The summed E-state index contributed by atoms with van der Waals surface area (Å²) in [4.78, 5) is 0. The van der Waals surface area contributed by atoms with Crippen LogP contribution in [0.5, 0.6) is 5.75 Å². The third kappa shape index (κ3) is 3.03. The molecule has 0 N–H and O–H groups in total. The van der Waals surface area contributed by atoms with Gasteiger partial charge in [0.15, 0.2) is 0 Å². The van der Waals surface area contributed by atoms with Gasteiger partial charge in [-0.05, 0) is 48.0 Å². The van der Waals surface area contributed by atoms with Gasteiger partial charge < -0.3 is 9.15 Å². The molecule has 0 amide bonds. The zero-order chi connectivity index (χ0) is 13.1. The third-order valence-electron chi connectivity index (χ3n) is 2.12. The summed E-state index contributed by atoms with van der Waals surface area (Å²) in [6.45, 7) is 3.95. The minimum absolute atomic E-state index is 0.124. The van der Waals surface area contributed by atoms with Crippen LogP contribution in [0.25, 0.3) is 11.5 Å². The number of rotatable bonds is 4. The van der Waals surface area contributed by atoms with Crippen LogP contribution in [0, 0.1) is 0 Å². The van der Waals surface area contributed by atoms with Crippen molar-refractivity contribution in [1.29, 1.82) is 0 Å². The Labute approximate surface area is 118 Å². The van der Waals surface area contributed by atoms with E-state index in [1.165, 1.54) is 0 Å². The summed E-state index contributed by atoms with van der Waals surface area (Å²) in [6.07, 6.45) is 0.124. The molecule has 0 bridgehead atoms. The fraction of sp³-hybridized carbons (Fsp3) is 0.333. The fourth-order valence-corrected chi connectivity index (χ4v) is 1.99. The summed E-state index contributed by atoms with van der Waals surface area (Å²) in [5, 5.41) is 7.74. The van der Waals surface area contributed by atoms with Crippen LogP contribution in [0.2, 0.25) is 0 Å². The average Bonchev–Trinajstić information content (AvgIpc) is 2.80. The van der Waals surface area contributed by atoms with E-state index in [4.69, 9.17) is 20.8 Å². The first-order chi connectivity index (χ1) is 8.60. The molecular formula is C12H12BrClN2O2. The second-order valence-corrected chi connectivity index (χ2v) is 5.07. The van der Waals surface area contributed by atoms with Gasteiger partial charge in [0.2, 0.25) is 11.8 Å². The molecule has 0 saturated carbocycles. The number of aromatic nitrogens is 2. The summed E-state index contributed by atoms with van der Waals surface area (Å²) in [5.41, 5.74) is 0.821. The monoisotopic (exact) mass is 330 g/mol. The van der Waals surface area contributed by atoms with E-state index in [2.05, 4.69) is 26.1 Å². The van der Waals surface area contributed by atoms with E-state index in [0.29, 0.717) is 11.8 Å². The van der Waals surface area contributed by atoms with E-state index in [1.54, 1.807) is 0 Å². The molecule has 0 spiro atoms. The van der Waals surface area contributed by atoms with Crippen LogP contribution in [-0.2, 0) is 5.88 Å². The SMILES string of the molecule is CC(C)Oc1ccc(-c2nnc(CCl)o2)cc1Br. The average molecular weight is 332 g/mol. The Morgan fingerprint density at radius 2 is 2.17 bits per heavy atom. The predicted molar refractivity (Wildman–Crippen MR) is 72.8 cm³/mol. The molecule has 6 heteroatoms. The summed E-state index contributed by atoms with van der Waals surface area (Å²) in [5.74, 6) is 1.85. The van der Waals surface area contributed by atoms with Crippen molar-refractivity contribution < 1.29 is 9.15 Å². The molecule has 96 valence electrons. The van der Waals surface area contributed by atoms with Crippen LogP contribution in [-0.4, -0.2) is 16.3 Å². The molecule has 0 unspecified atom stereocenters. The van der Waals surface area contributed by atoms with E-state index in [0.717, 1.165) is 15.8 Å². The Morgan fingerprint density at radius 3 is 2.72 bits per heavy atom. The summed E-state index contributed by atoms with van der Waals surface area (Å²) < 4.78 is 11.9. The molecule has 0 saturated heterocycles. The molecule has 1 heterocycles. The maximum absolute atomic E-state index is 5.63. The van der Waals surface area contributed by atoms with Crippen molar-refractivity contribution in [3.63, 3.8) is 0 Å². The standard InChI is InChI=1S/C12H12BrClN2O2/c1-7(2)17-10-4-3-8(5-9(10)13)12-16-15-11(6-14)18-12/h3-5,7H,6H2,1-2H3. The molecular weight excluding hydrogens is 320 g/mol. The number of halogens is 2. The molecule has 0 aliphatic rings. The van der Waals surface area contributed by atoms with Gasteiger partial charge >= 0.3 is 0 Å². The number of hydrogen-bond donors (Lipinski definition) is 0. The molecule has 2 rings (SSSR count). The summed E-state index contributed by atoms with van der Waals surface area (Å²) in [7, 11) is 0. The predicted octanol–water partition coefficient (Wildman–Crippen LogP) is 4.03. The number of alkyl halides is 1. The molecule has 0 fully saturated rings. The topological polar surface area (TPSA) is 48.2 Å². The maximum Gasteiger partial charge on any atom is 0.247 e. The lowest BCUT2D eigenvalue weighted by Gasteiger charge is -2.11. The number of benzene rings is 1. The molecule has 0 aliphatic carbocycles. The van der Waals surface area contributed by atoms with Gasteiger partial charge in [0.05, 0.1) is 10.6 Å². The first-order valence-corrected chi connectivity index (χ1v) is 6.78. The van der Waals surface area contributed by atoms with Crippen molar-refractivity contribution in [1.82, 2.24) is 10.2 Å². The summed E-state index contributed by atoms with van der Waals surface area (Å²) >= 11 is 9.07. The first-order valence-electron chi connectivity index (χ1n) is 5.45. The van der Waals surface area contributed by atoms with Gasteiger partial charge in [-0.15, -0.1) is 21.8 Å². The molecule has 2 aromatic rings. The molecule has 1 aromatic heterocycles. The fourth-order valence-electron chi connectivity index (χ4n) is 1.41. The highest BCUT2D eigenvalue weighted by Crippen LogP contribution is 2.30. The van der Waals surface area contributed by atoms with Gasteiger partial charge in [0.1, 0.15) is 11.6 Å². The van der Waals surface area contributed by atoms with Gasteiger partial charge in [-0.25, -0.2) is 0 Å². The van der Waals surface area contributed by atoms with E-state index < -0.39 is 0 Å². The van der Waals surface area contributed by atoms with Gasteiger partial charge in [-0.3, -0.25) is 0 Å². The van der Waals surface area contributed by atoms with E-state index >= 15 is 0 Å². The molecule has 4 nitrogen and oxygen atoms in total. The minimum atomic E-state index is 0.124. The zero-order valence-electron chi connectivity index (χ0n) is 9.98. The Hall–Kier alpha value is -1.07. The van der Waals surface area contributed by atoms with Crippen LogP contribution < -0.4 is 4.74 Å². The van der Waals surface area contributed by atoms with Crippen LogP contribution in [0.4, 0.5) is 0 Å². The van der Waals surface area contributed by atoms with Crippen molar-refractivity contribution in [2.24, 2.45) is 0 Å². The lowest BCUT2D eigenvalue weighted by Crippen LogP contribution is -2.05. The normalized spacial score (nSPS) is 10.9. The summed E-state index contributed by atoms with van der Waals surface area (Å²) in [6, 6.07) is 5.61. The number of ether oxygens (including phenoxy) is 1. The Balaban J connectivity index is 2.28. The highest BCUT2D eigenvalue weighted by Gasteiger charge is 2.11. The Morgan fingerprint density at radius 1 is 1.39 bits per heavy atom. The minimum Gasteiger partial charge on any atom is -0.490 e. The smallest absolute Gasteiger partial charge is 0.247 e. The van der Waals surface area contributed by atoms with Gasteiger partial charge in [-0.1, -0.05) is 0 Å². The van der Waals surface area contributed by atoms with E-state index in [9.17, 15) is 0 Å². The molecule has 0 atom stereocenters. The molecule has 0 aliphatic heterocycles. The number of hydrogen-bond acceptors (Lipinski definition) is 4. The largest absolute Gasteiger partial charge is 0.490 e. The second kappa shape index (κ2) is 5.71. The zero-order valence-corrected chi connectivity index (χ0v) is 12.3. The van der Waals surface area contributed by atoms with Crippen molar-refractivity contribution in [3.8, 4) is 17.2 Å². The van der Waals surface area contributed by atoms with Crippen LogP contribution in [0.3, 0.4) is 0 Å². The first kappa shape index (κ1) is 13.4. The third-order valence-corrected chi connectivity index (χ3v) is 2.97. The Kier molecular flexibility index (Phi) is 4.24. The molecule has 1 aromatic carbocycles. The molecule has 18 heavy (non-hydrogen) atoms. The second-order valence-electron chi connectivity index (χ2n) is 3.95. The lowest BCUT2D eigenvalue weighted by atomic mass is 10.2. The molecule has 0 radical (unpaired) electrons. The number of nitrogens with zero attached hydrogens (tertiary/aromatic N) is 2. The van der Waals surface area contributed by atoms with Crippen molar-refractivity contribution in [2.45, 2.75) is 25.8 Å². The van der Waals surface area contributed by atoms with Gasteiger partial charge in [-0.2, -0.15) is 0 Å². The van der Waals surface area contributed by atoms with Crippen LogP contribution in [0.1, 0.15) is 19.7 Å². The maximum atomic E-state index is 5.63.